The van der Waals surface area contributed by atoms with Gasteiger partial charge in [-0.25, -0.2) is 13.1 Å². The number of hydrogen-bond donors (Lipinski definition) is 4. The van der Waals surface area contributed by atoms with Crippen LogP contribution in [0.5, 0.6) is 0 Å². The highest BCUT2D eigenvalue weighted by Crippen LogP contribution is 2.12. The van der Waals surface area contributed by atoms with Gasteiger partial charge in [0, 0.05) is 42.3 Å². The average molecular weight is 311 g/mol. The number of rotatable bonds is 7. The van der Waals surface area contributed by atoms with Crippen molar-refractivity contribution < 1.29 is 8.42 Å². The van der Waals surface area contributed by atoms with Crippen LogP contribution in [0.1, 0.15) is 30.8 Å². The standard InChI is InChI=1S/C13H21N5O2S/c1-9(2)14-7-12-4-13(8-15-12)21(19,20)17-6-11-5-16-18-10(11)3/h4-5,8-9,14-15,17H,6-7H2,1-3H3,(H,16,18). The van der Waals surface area contributed by atoms with E-state index in [4.69, 9.17) is 0 Å². The van der Waals surface area contributed by atoms with Gasteiger partial charge in [0.25, 0.3) is 0 Å². The topological polar surface area (TPSA) is 103 Å². The maximum Gasteiger partial charge on any atom is 0.242 e. The minimum atomic E-state index is -3.52. The lowest BCUT2D eigenvalue weighted by Gasteiger charge is -2.05. The van der Waals surface area contributed by atoms with Crippen LogP contribution in [0.15, 0.2) is 23.4 Å². The van der Waals surface area contributed by atoms with Crippen molar-refractivity contribution in [1.29, 1.82) is 0 Å². The molecule has 7 nitrogen and oxygen atoms in total. The highest BCUT2D eigenvalue weighted by atomic mass is 32.2. The van der Waals surface area contributed by atoms with Crippen LogP contribution in [0.2, 0.25) is 0 Å². The summed E-state index contributed by atoms with van der Waals surface area (Å²) < 4.78 is 27.0. The Kier molecular flexibility index (Phi) is 4.81. The number of nitrogens with zero attached hydrogens (tertiary/aromatic N) is 1. The molecule has 2 aromatic rings. The van der Waals surface area contributed by atoms with Crippen molar-refractivity contribution in [2.24, 2.45) is 0 Å². The Morgan fingerprint density at radius 3 is 2.71 bits per heavy atom. The SMILES string of the molecule is Cc1[nH]ncc1CNS(=O)(=O)c1c[nH]c(CNC(C)C)c1. The maximum atomic E-state index is 12.2. The molecule has 2 heterocycles. The van der Waals surface area contributed by atoms with Crippen molar-refractivity contribution in [2.45, 2.75) is 44.8 Å². The third-order valence-corrected chi connectivity index (χ3v) is 4.50. The molecule has 0 radical (unpaired) electrons. The molecule has 0 aromatic carbocycles. The molecule has 0 aliphatic carbocycles. The van der Waals surface area contributed by atoms with Crippen LogP contribution in [-0.2, 0) is 23.1 Å². The third-order valence-electron chi connectivity index (χ3n) is 3.11. The van der Waals surface area contributed by atoms with Gasteiger partial charge < -0.3 is 10.3 Å². The first-order valence-corrected chi connectivity index (χ1v) is 8.26. The van der Waals surface area contributed by atoms with E-state index in [1.165, 1.54) is 6.20 Å². The molecule has 0 aliphatic rings. The summed E-state index contributed by atoms with van der Waals surface area (Å²) in [6, 6.07) is 1.98. The predicted octanol–water partition coefficient (Wildman–Crippen LogP) is 1.02. The van der Waals surface area contributed by atoms with Crippen LogP contribution in [-0.4, -0.2) is 29.6 Å². The van der Waals surface area contributed by atoms with Crippen LogP contribution in [0.3, 0.4) is 0 Å². The van der Waals surface area contributed by atoms with E-state index in [9.17, 15) is 8.42 Å². The van der Waals surface area contributed by atoms with Crippen molar-refractivity contribution in [3.05, 3.63) is 35.4 Å². The number of aromatic amines is 2. The van der Waals surface area contributed by atoms with E-state index in [1.807, 2.05) is 20.8 Å². The molecule has 0 unspecified atom stereocenters. The molecule has 116 valence electrons. The second kappa shape index (κ2) is 6.42. The van der Waals surface area contributed by atoms with E-state index in [-0.39, 0.29) is 11.4 Å². The van der Waals surface area contributed by atoms with E-state index in [0.717, 1.165) is 17.0 Å². The molecule has 0 bridgehead atoms. The van der Waals surface area contributed by atoms with Gasteiger partial charge in [-0.15, -0.1) is 0 Å². The first-order valence-electron chi connectivity index (χ1n) is 6.77. The average Bonchev–Trinajstić information content (AvgIpc) is 3.03. The van der Waals surface area contributed by atoms with E-state index < -0.39 is 10.0 Å². The molecule has 21 heavy (non-hydrogen) atoms. The lowest BCUT2D eigenvalue weighted by atomic mass is 10.3. The Bertz CT molecular complexity index is 687. The zero-order chi connectivity index (χ0) is 15.5. The second-order valence-electron chi connectivity index (χ2n) is 5.24. The van der Waals surface area contributed by atoms with Crippen molar-refractivity contribution in [2.75, 3.05) is 0 Å². The Morgan fingerprint density at radius 2 is 2.10 bits per heavy atom. The number of aromatic nitrogens is 3. The summed E-state index contributed by atoms with van der Waals surface area (Å²) in [6.07, 6.45) is 3.12. The highest BCUT2D eigenvalue weighted by molar-refractivity contribution is 7.89. The lowest BCUT2D eigenvalue weighted by Crippen LogP contribution is -2.23. The molecular weight excluding hydrogens is 290 g/mol. The molecule has 0 aliphatic heterocycles. The van der Waals surface area contributed by atoms with E-state index >= 15 is 0 Å². The summed E-state index contributed by atoms with van der Waals surface area (Å²) >= 11 is 0. The second-order valence-corrected chi connectivity index (χ2v) is 7.01. The van der Waals surface area contributed by atoms with E-state index in [0.29, 0.717) is 12.6 Å². The van der Waals surface area contributed by atoms with Crippen molar-refractivity contribution in [1.82, 2.24) is 25.2 Å². The number of nitrogens with one attached hydrogen (secondary N) is 4. The van der Waals surface area contributed by atoms with Crippen molar-refractivity contribution in [3.8, 4) is 0 Å². The Hall–Kier alpha value is -1.64. The van der Waals surface area contributed by atoms with Crippen LogP contribution >= 0.6 is 0 Å². The molecule has 8 heteroatoms. The number of aryl methyl sites for hydroxylation is 1. The molecular formula is C13H21N5O2S. The van der Waals surface area contributed by atoms with Gasteiger partial charge >= 0.3 is 0 Å². The minimum Gasteiger partial charge on any atom is -0.363 e. The minimum absolute atomic E-state index is 0.218. The van der Waals surface area contributed by atoms with E-state index in [1.54, 1.807) is 12.3 Å². The quantitative estimate of drug-likeness (QED) is 0.613. The number of H-pyrrole nitrogens is 2. The summed E-state index contributed by atoms with van der Waals surface area (Å²) in [4.78, 5) is 3.21. The maximum absolute atomic E-state index is 12.2. The van der Waals surface area contributed by atoms with Gasteiger partial charge in [0.1, 0.15) is 0 Å². The first-order chi connectivity index (χ1) is 9.88. The van der Waals surface area contributed by atoms with Crippen LogP contribution in [0.4, 0.5) is 0 Å². The van der Waals surface area contributed by atoms with Gasteiger partial charge in [0.2, 0.25) is 10.0 Å². The Morgan fingerprint density at radius 1 is 1.33 bits per heavy atom. The van der Waals surface area contributed by atoms with Crippen molar-refractivity contribution in [3.63, 3.8) is 0 Å². The third kappa shape index (κ3) is 4.16. The van der Waals surface area contributed by atoms with Crippen LogP contribution < -0.4 is 10.0 Å². The van der Waals surface area contributed by atoms with Gasteiger partial charge in [0.15, 0.2) is 0 Å². The highest BCUT2D eigenvalue weighted by Gasteiger charge is 2.16. The summed E-state index contributed by atoms with van der Waals surface area (Å²) in [5.41, 5.74) is 2.52. The molecule has 0 spiro atoms. The van der Waals surface area contributed by atoms with Gasteiger partial charge in [-0.3, -0.25) is 5.10 Å². The number of hydrogen-bond acceptors (Lipinski definition) is 4. The molecule has 0 atom stereocenters. The molecule has 0 saturated heterocycles. The number of sulfonamides is 1. The van der Waals surface area contributed by atoms with Crippen LogP contribution in [0, 0.1) is 6.92 Å². The van der Waals surface area contributed by atoms with Gasteiger partial charge in [0.05, 0.1) is 11.1 Å². The largest absolute Gasteiger partial charge is 0.363 e. The lowest BCUT2D eigenvalue weighted by molar-refractivity contribution is 0.580. The molecule has 2 rings (SSSR count). The van der Waals surface area contributed by atoms with Gasteiger partial charge in [-0.2, -0.15) is 5.10 Å². The molecule has 2 aromatic heterocycles. The van der Waals surface area contributed by atoms with Gasteiger partial charge in [-0.1, -0.05) is 13.8 Å². The first kappa shape index (κ1) is 15.7. The monoisotopic (exact) mass is 311 g/mol. The summed E-state index contributed by atoms with van der Waals surface area (Å²) in [7, 11) is -3.52. The smallest absolute Gasteiger partial charge is 0.242 e. The molecule has 0 fully saturated rings. The van der Waals surface area contributed by atoms with Crippen LogP contribution in [0.25, 0.3) is 0 Å². The van der Waals surface area contributed by atoms with E-state index in [2.05, 4.69) is 25.2 Å². The summed E-state index contributed by atoms with van der Waals surface area (Å²) in [5, 5.41) is 9.87. The fourth-order valence-electron chi connectivity index (χ4n) is 1.80. The normalized spacial score (nSPS) is 12.2. The summed E-state index contributed by atoms with van der Waals surface area (Å²) in [6.45, 7) is 6.75. The fraction of sp³-hybridized carbons (Fsp3) is 0.462. The predicted molar refractivity (Wildman–Crippen MR) is 80.1 cm³/mol. The Labute approximate surface area is 124 Å². The fourth-order valence-corrected chi connectivity index (χ4v) is 2.82. The zero-order valence-electron chi connectivity index (χ0n) is 12.4. The van der Waals surface area contributed by atoms with Gasteiger partial charge in [-0.05, 0) is 13.0 Å². The zero-order valence-corrected chi connectivity index (χ0v) is 13.2. The Balaban J connectivity index is 2.01. The summed E-state index contributed by atoms with van der Waals surface area (Å²) in [5.74, 6) is 0. The molecule has 4 N–H and O–H groups in total. The molecule has 0 amide bonds. The molecule has 0 saturated carbocycles. The van der Waals surface area contributed by atoms with Crippen molar-refractivity contribution >= 4 is 10.0 Å².